The topological polar surface area (TPSA) is 168 Å². The summed E-state index contributed by atoms with van der Waals surface area (Å²) < 4.78 is 6.57. The maximum absolute atomic E-state index is 12.2. The first-order valence-corrected chi connectivity index (χ1v) is 6.63. The van der Waals surface area contributed by atoms with Gasteiger partial charge >= 0.3 is 0 Å². The smallest absolute Gasteiger partial charge is 0.277 e. The molecule has 0 saturated carbocycles. The summed E-state index contributed by atoms with van der Waals surface area (Å²) in [4.78, 5) is 35.3. The van der Waals surface area contributed by atoms with E-state index >= 15 is 0 Å². The Morgan fingerprint density at radius 3 is 2.83 bits per heavy atom. The van der Waals surface area contributed by atoms with Crippen LogP contribution >= 0.6 is 0 Å². The average Bonchev–Trinajstić information content (AvgIpc) is 3.14. The summed E-state index contributed by atoms with van der Waals surface area (Å²) >= 11 is 0. The Kier molecular flexibility index (Phi) is 3.66. The van der Waals surface area contributed by atoms with Crippen LogP contribution in [0.1, 0.15) is 21.0 Å². The molecule has 0 aromatic carbocycles. The molecule has 11 heteroatoms. The van der Waals surface area contributed by atoms with Gasteiger partial charge in [-0.05, 0) is 6.07 Å². The predicted molar refractivity (Wildman–Crippen MR) is 81.6 cm³/mol. The third kappa shape index (κ3) is 2.90. The predicted octanol–water partition coefficient (Wildman–Crippen LogP) is -0.201. The second kappa shape index (κ2) is 5.79. The SMILES string of the molecule is Cn1cc(NC(=O)c2coc(-c3ccnc(N)n3)n2)c(C(N)=O)n1. The number of hydrogen-bond acceptors (Lipinski definition) is 8. The Balaban J connectivity index is 1.83. The number of nitrogens with two attached hydrogens (primary N) is 2. The number of amides is 2. The summed E-state index contributed by atoms with van der Waals surface area (Å²) in [5, 5.41) is 6.37. The first-order chi connectivity index (χ1) is 11.4. The van der Waals surface area contributed by atoms with Crippen LogP contribution in [0, 0.1) is 0 Å². The van der Waals surface area contributed by atoms with E-state index < -0.39 is 11.8 Å². The maximum Gasteiger partial charge on any atom is 0.277 e. The number of aryl methyl sites for hydroxylation is 1. The Morgan fingerprint density at radius 1 is 1.33 bits per heavy atom. The molecule has 0 fully saturated rings. The Morgan fingerprint density at radius 2 is 2.12 bits per heavy atom. The van der Waals surface area contributed by atoms with E-state index in [1.165, 1.54) is 23.1 Å². The second-order valence-corrected chi connectivity index (χ2v) is 4.72. The molecule has 0 bridgehead atoms. The molecule has 0 aliphatic carbocycles. The van der Waals surface area contributed by atoms with Crippen molar-refractivity contribution in [1.29, 1.82) is 0 Å². The van der Waals surface area contributed by atoms with Gasteiger partial charge in [0.1, 0.15) is 12.0 Å². The van der Waals surface area contributed by atoms with Crippen LogP contribution in [0.15, 0.2) is 29.1 Å². The highest BCUT2D eigenvalue weighted by atomic mass is 16.3. The van der Waals surface area contributed by atoms with Crippen molar-refractivity contribution in [3.63, 3.8) is 0 Å². The number of oxazole rings is 1. The lowest BCUT2D eigenvalue weighted by atomic mass is 10.3. The van der Waals surface area contributed by atoms with Crippen molar-refractivity contribution >= 4 is 23.5 Å². The number of anilines is 2. The van der Waals surface area contributed by atoms with E-state index in [1.54, 1.807) is 7.05 Å². The quantitative estimate of drug-likeness (QED) is 0.591. The third-order valence-corrected chi connectivity index (χ3v) is 2.94. The van der Waals surface area contributed by atoms with Crippen LogP contribution in [0.5, 0.6) is 0 Å². The highest BCUT2D eigenvalue weighted by molar-refractivity contribution is 6.07. The summed E-state index contributed by atoms with van der Waals surface area (Å²) in [7, 11) is 1.59. The monoisotopic (exact) mass is 328 g/mol. The third-order valence-electron chi connectivity index (χ3n) is 2.94. The summed E-state index contributed by atoms with van der Waals surface area (Å²) in [5.41, 5.74) is 11.1. The number of hydrogen-bond donors (Lipinski definition) is 3. The van der Waals surface area contributed by atoms with E-state index in [9.17, 15) is 9.59 Å². The van der Waals surface area contributed by atoms with Crippen LogP contribution in [-0.4, -0.2) is 36.5 Å². The molecule has 24 heavy (non-hydrogen) atoms. The number of primary amides is 1. The minimum absolute atomic E-state index is 0.0125. The van der Waals surface area contributed by atoms with E-state index in [1.807, 2.05) is 0 Å². The lowest BCUT2D eigenvalue weighted by Gasteiger charge is -2.00. The number of aromatic nitrogens is 5. The van der Waals surface area contributed by atoms with Gasteiger partial charge in [-0.25, -0.2) is 15.0 Å². The Hall–Kier alpha value is -3.76. The van der Waals surface area contributed by atoms with Crippen molar-refractivity contribution in [1.82, 2.24) is 24.7 Å². The molecule has 3 rings (SSSR count). The van der Waals surface area contributed by atoms with Crippen LogP contribution in [-0.2, 0) is 7.05 Å². The summed E-state index contributed by atoms with van der Waals surface area (Å²) in [6, 6.07) is 1.54. The van der Waals surface area contributed by atoms with Crippen molar-refractivity contribution in [3.05, 3.63) is 36.1 Å². The van der Waals surface area contributed by atoms with Gasteiger partial charge in [0.25, 0.3) is 11.8 Å². The van der Waals surface area contributed by atoms with Gasteiger partial charge in [0.05, 0.1) is 5.69 Å². The van der Waals surface area contributed by atoms with Gasteiger partial charge < -0.3 is 21.2 Å². The minimum Gasteiger partial charge on any atom is -0.442 e. The largest absolute Gasteiger partial charge is 0.442 e. The molecule has 0 radical (unpaired) electrons. The molecule has 0 spiro atoms. The fourth-order valence-electron chi connectivity index (χ4n) is 1.94. The Bertz CT molecular complexity index is 929. The Labute approximate surface area is 134 Å². The van der Waals surface area contributed by atoms with E-state index in [-0.39, 0.29) is 28.9 Å². The molecule has 0 saturated heterocycles. The average molecular weight is 328 g/mol. The number of rotatable bonds is 4. The zero-order chi connectivity index (χ0) is 17.3. The van der Waals surface area contributed by atoms with Gasteiger partial charge in [-0.3, -0.25) is 14.3 Å². The van der Waals surface area contributed by atoms with Crippen LogP contribution < -0.4 is 16.8 Å². The highest BCUT2D eigenvalue weighted by Crippen LogP contribution is 2.18. The van der Waals surface area contributed by atoms with E-state index in [0.29, 0.717) is 5.69 Å². The van der Waals surface area contributed by atoms with Crippen LogP contribution in [0.25, 0.3) is 11.6 Å². The second-order valence-electron chi connectivity index (χ2n) is 4.72. The molecular formula is C13H12N8O3. The van der Waals surface area contributed by atoms with Crippen LogP contribution in [0.2, 0.25) is 0 Å². The molecule has 0 atom stereocenters. The van der Waals surface area contributed by atoms with Crippen molar-refractivity contribution in [3.8, 4) is 11.6 Å². The van der Waals surface area contributed by atoms with Crippen LogP contribution in [0.4, 0.5) is 11.6 Å². The van der Waals surface area contributed by atoms with Crippen molar-refractivity contribution < 1.29 is 14.0 Å². The van der Waals surface area contributed by atoms with E-state index in [2.05, 4.69) is 25.4 Å². The summed E-state index contributed by atoms with van der Waals surface area (Å²) in [6.45, 7) is 0. The molecule has 3 heterocycles. The fourth-order valence-corrected chi connectivity index (χ4v) is 1.94. The first-order valence-electron chi connectivity index (χ1n) is 6.63. The van der Waals surface area contributed by atoms with Gasteiger partial charge in [-0.15, -0.1) is 0 Å². The summed E-state index contributed by atoms with van der Waals surface area (Å²) in [6.07, 6.45) is 4.05. The molecule has 0 unspecified atom stereocenters. The fraction of sp³-hybridized carbons (Fsp3) is 0.0769. The van der Waals surface area contributed by atoms with Crippen LogP contribution in [0.3, 0.4) is 0 Å². The van der Waals surface area contributed by atoms with Crippen molar-refractivity contribution in [2.24, 2.45) is 12.8 Å². The van der Waals surface area contributed by atoms with E-state index in [0.717, 1.165) is 6.26 Å². The highest BCUT2D eigenvalue weighted by Gasteiger charge is 2.19. The lowest BCUT2D eigenvalue weighted by molar-refractivity contribution is 0.0995. The molecule has 3 aromatic heterocycles. The van der Waals surface area contributed by atoms with Crippen molar-refractivity contribution in [2.75, 3.05) is 11.1 Å². The maximum atomic E-state index is 12.2. The van der Waals surface area contributed by atoms with Crippen molar-refractivity contribution in [2.45, 2.75) is 0 Å². The number of carbonyl (C=O) groups excluding carboxylic acids is 2. The van der Waals surface area contributed by atoms with Gasteiger partial charge in [0.15, 0.2) is 11.4 Å². The van der Waals surface area contributed by atoms with Gasteiger partial charge in [0, 0.05) is 19.4 Å². The molecule has 3 aromatic rings. The molecule has 5 N–H and O–H groups in total. The number of nitrogens with one attached hydrogen (secondary N) is 1. The molecule has 2 amide bonds. The van der Waals surface area contributed by atoms with Gasteiger partial charge in [-0.2, -0.15) is 5.10 Å². The zero-order valence-corrected chi connectivity index (χ0v) is 12.4. The molecule has 0 aliphatic heterocycles. The molecule has 11 nitrogen and oxygen atoms in total. The molecule has 122 valence electrons. The minimum atomic E-state index is -0.761. The normalized spacial score (nSPS) is 10.5. The standard InChI is InChI=1S/C13H12N8O3/c1-21-4-7(9(20-21)10(14)22)17-11(23)8-5-24-12(18-8)6-2-3-16-13(15)19-6/h2-5H,1H3,(H2,14,22)(H,17,23)(H2,15,16,19). The molecule has 0 aliphatic rings. The zero-order valence-electron chi connectivity index (χ0n) is 12.4. The first kappa shape index (κ1) is 15.1. The summed E-state index contributed by atoms with van der Waals surface area (Å²) in [5.74, 6) is -1.19. The van der Waals surface area contributed by atoms with E-state index in [4.69, 9.17) is 15.9 Å². The number of nitrogens with zero attached hydrogens (tertiary/aromatic N) is 5. The molecular weight excluding hydrogens is 316 g/mol. The van der Waals surface area contributed by atoms with Gasteiger partial charge in [-0.1, -0.05) is 0 Å². The number of nitrogen functional groups attached to an aromatic ring is 1. The lowest BCUT2D eigenvalue weighted by Crippen LogP contribution is -2.18. The number of carbonyl (C=O) groups is 2. The van der Waals surface area contributed by atoms with Gasteiger partial charge in [0.2, 0.25) is 11.8 Å².